The minimum Gasteiger partial charge on any atom is -0.504 e. The highest BCUT2D eigenvalue weighted by atomic mass is 35.5. The van der Waals surface area contributed by atoms with Gasteiger partial charge in [0.25, 0.3) is 0 Å². The summed E-state index contributed by atoms with van der Waals surface area (Å²) in [5.74, 6) is -0.697. The molecule has 1 aliphatic rings. The zero-order valence-corrected chi connectivity index (χ0v) is 11.5. The average molecular weight is 285 g/mol. The predicted octanol–water partition coefficient (Wildman–Crippen LogP) is 3.34. The van der Waals surface area contributed by atoms with Crippen molar-refractivity contribution in [3.8, 4) is 11.5 Å². The summed E-state index contributed by atoms with van der Waals surface area (Å²) in [4.78, 5) is 11.7. The maximum atomic E-state index is 11.7. The van der Waals surface area contributed by atoms with E-state index in [1.807, 2.05) is 0 Å². The van der Waals surface area contributed by atoms with Gasteiger partial charge in [-0.15, -0.1) is 0 Å². The lowest BCUT2D eigenvalue weighted by Crippen LogP contribution is -2.38. The van der Waals surface area contributed by atoms with Gasteiger partial charge in [0, 0.05) is 11.1 Å². The lowest BCUT2D eigenvalue weighted by atomic mass is 9.69. The second-order valence-corrected chi connectivity index (χ2v) is 5.36. The van der Waals surface area contributed by atoms with Crippen LogP contribution in [0.3, 0.4) is 0 Å². The molecule has 0 aromatic heterocycles. The van der Waals surface area contributed by atoms with Crippen molar-refractivity contribution < 1.29 is 19.7 Å². The molecule has 1 aliphatic carbocycles. The van der Waals surface area contributed by atoms with Crippen molar-refractivity contribution in [3.05, 3.63) is 22.7 Å². The van der Waals surface area contributed by atoms with Gasteiger partial charge in [0.05, 0.1) is 12.5 Å². The highest BCUT2D eigenvalue weighted by Crippen LogP contribution is 2.45. The first-order valence-electron chi connectivity index (χ1n) is 6.31. The van der Waals surface area contributed by atoms with Crippen molar-refractivity contribution in [1.29, 1.82) is 0 Å². The van der Waals surface area contributed by atoms with E-state index in [2.05, 4.69) is 0 Å². The van der Waals surface area contributed by atoms with Crippen molar-refractivity contribution in [2.24, 2.45) is 0 Å². The summed E-state index contributed by atoms with van der Waals surface area (Å²) < 4.78 is 4.98. The molecule has 5 heteroatoms. The van der Waals surface area contributed by atoms with Gasteiger partial charge in [0.2, 0.25) is 0 Å². The molecule has 4 nitrogen and oxygen atoms in total. The summed E-state index contributed by atoms with van der Waals surface area (Å²) >= 11 is 6.19. The molecule has 104 valence electrons. The number of hydrogen-bond acceptors (Lipinski definition) is 3. The maximum absolute atomic E-state index is 11.7. The highest BCUT2D eigenvalue weighted by molar-refractivity contribution is 6.32. The molecular formula is C14H17ClO4. The molecule has 0 aliphatic heterocycles. The minimum atomic E-state index is -0.987. The topological polar surface area (TPSA) is 66.8 Å². The Bertz CT molecular complexity index is 492. The highest BCUT2D eigenvalue weighted by Gasteiger charge is 2.43. The number of hydrogen-bond donors (Lipinski definition) is 2. The van der Waals surface area contributed by atoms with Crippen LogP contribution >= 0.6 is 11.6 Å². The Morgan fingerprint density at radius 3 is 2.47 bits per heavy atom. The molecule has 0 amide bonds. The van der Waals surface area contributed by atoms with Crippen LogP contribution < -0.4 is 4.74 Å². The first-order chi connectivity index (χ1) is 9.01. The zero-order valence-electron chi connectivity index (χ0n) is 10.8. The number of halogens is 1. The summed E-state index contributed by atoms with van der Waals surface area (Å²) in [5.41, 5.74) is -0.501. The fourth-order valence-electron chi connectivity index (χ4n) is 2.83. The van der Waals surface area contributed by atoms with E-state index in [0.717, 1.165) is 19.3 Å². The molecule has 0 atom stereocenters. The first-order valence-corrected chi connectivity index (χ1v) is 6.69. The van der Waals surface area contributed by atoms with Crippen molar-refractivity contribution in [1.82, 2.24) is 0 Å². The second kappa shape index (κ2) is 5.29. The van der Waals surface area contributed by atoms with Gasteiger partial charge in [-0.3, -0.25) is 4.79 Å². The number of phenols is 1. The van der Waals surface area contributed by atoms with Gasteiger partial charge in [-0.05, 0) is 24.5 Å². The molecule has 1 saturated carbocycles. The predicted molar refractivity (Wildman–Crippen MR) is 72.1 cm³/mol. The summed E-state index contributed by atoms with van der Waals surface area (Å²) in [6.45, 7) is 0. The lowest BCUT2D eigenvalue weighted by molar-refractivity contribution is -0.145. The van der Waals surface area contributed by atoms with Crippen LogP contribution in [-0.2, 0) is 10.2 Å². The Morgan fingerprint density at radius 2 is 1.95 bits per heavy atom. The van der Waals surface area contributed by atoms with Crippen LogP contribution in [0.2, 0.25) is 5.02 Å². The molecule has 2 N–H and O–H groups in total. The van der Waals surface area contributed by atoms with E-state index < -0.39 is 11.4 Å². The van der Waals surface area contributed by atoms with Gasteiger partial charge >= 0.3 is 5.97 Å². The van der Waals surface area contributed by atoms with E-state index in [1.165, 1.54) is 19.2 Å². The molecule has 0 saturated heterocycles. The second-order valence-electron chi connectivity index (χ2n) is 4.95. The third-order valence-electron chi connectivity index (χ3n) is 3.90. The van der Waals surface area contributed by atoms with Crippen molar-refractivity contribution >= 4 is 17.6 Å². The summed E-state index contributed by atoms with van der Waals surface area (Å²) in [6, 6.07) is 2.91. The molecule has 0 spiro atoms. The SMILES string of the molecule is COc1cc(Cl)c(C2(C(=O)O)CCCCC2)cc1O. The number of benzene rings is 1. The average Bonchev–Trinajstić information content (AvgIpc) is 2.41. The number of rotatable bonds is 3. The van der Waals surface area contributed by atoms with E-state index in [1.54, 1.807) is 0 Å². The van der Waals surface area contributed by atoms with Gasteiger partial charge in [0.1, 0.15) is 0 Å². The number of methoxy groups -OCH3 is 1. The van der Waals surface area contributed by atoms with Crippen molar-refractivity contribution in [2.75, 3.05) is 7.11 Å². The standard InChI is InChI=1S/C14H17ClO4/c1-19-12-8-10(15)9(7-11(12)16)14(13(17)18)5-3-2-4-6-14/h7-8,16H,2-6H2,1H3,(H,17,18). The number of carboxylic acids is 1. The fourth-order valence-corrected chi connectivity index (χ4v) is 3.16. The van der Waals surface area contributed by atoms with Crippen LogP contribution in [0, 0.1) is 0 Å². The van der Waals surface area contributed by atoms with Crippen LogP contribution in [0.4, 0.5) is 0 Å². The number of aliphatic carboxylic acids is 1. The van der Waals surface area contributed by atoms with Gasteiger partial charge in [-0.2, -0.15) is 0 Å². The molecule has 2 rings (SSSR count). The molecule has 1 aromatic carbocycles. The first kappa shape index (κ1) is 14.0. The number of ether oxygens (including phenoxy) is 1. The Labute approximate surface area is 117 Å². The summed E-state index contributed by atoms with van der Waals surface area (Å²) in [7, 11) is 1.43. The smallest absolute Gasteiger partial charge is 0.314 e. The van der Waals surface area contributed by atoms with Crippen LogP contribution in [0.1, 0.15) is 37.7 Å². The summed E-state index contributed by atoms with van der Waals surface area (Å²) in [5, 5.41) is 19.8. The van der Waals surface area contributed by atoms with E-state index in [9.17, 15) is 15.0 Å². The van der Waals surface area contributed by atoms with E-state index in [-0.39, 0.29) is 11.5 Å². The normalized spacial score (nSPS) is 18.0. The molecule has 1 fully saturated rings. The third-order valence-corrected chi connectivity index (χ3v) is 4.21. The van der Waals surface area contributed by atoms with E-state index >= 15 is 0 Å². The Hall–Kier alpha value is -1.42. The van der Waals surface area contributed by atoms with Crippen LogP contribution in [0.5, 0.6) is 11.5 Å². The number of aromatic hydroxyl groups is 1. The van der Waals surface area contributed by atoms with Crippen LogP contribution in [0.15, 0.2) is 12.1 Å². The Balaban J connectivity index is 2.54. The molecule has 19 heavy (non-hydrogen) atoms. The molecule has 0 radical (unpaired) electrons. The minimum absolute atomic E-state index is 0.0758. The maximum Gasteiger partial charge on any atom is 0.314 e. The number of phenolic OH excluding ortho intramolecular Hbond substituents is 1. The monoisotopic (exact) mass is 284 g/mol. The van der Waals surface area contributed by atoms with E-state index in [4.69, 9.17) is 16.3 Å². The Morgan fingerprint density at radius 1 is 1.32 bits per heavy atom. The van der Waals surface area contributed by atoms with Gasteiger partial charge in [0.15, 0.2) is 11.5 Å². The molecule has 1 aromatic rings. The molecule has 0 bridgehead atoms. The van der Waals surface area contributed by atoms with E-state index in [0.29, 0.717) is 23.4 Å². The fraction of sp³-hybridized carbons (Fsp3) is 0.500. The summed E-state index contributed by atoms with van der Waals surface area (Å²) in [6.07, 6.45) is 3.85. The van der Waals surface area contributed by atoms with Crippen LogP contribution in [-0.4, -0.2) is 23.3 Å². The largest absolute Gasteiger partial charge is 0.504 e. The molecular weight excluding hydrogens is 268 g/mol. The van der Waals surface area contributed by atoms with Crippen LogP contribution in [0.25, 0.3) is 0 Å². The Kier molecular flexibility index (Phi) is 3.90. The number of carboxylic acid groups (broad SMARTS) is 1. The molecule has 0 heterocycles. The van der Waals surface area contributed by atoms with Gasteiger partial charge in [-0.1, -0.05) is 30.9 Å². The zero-order chi connectivity index (χ0) is 14.0. The molecule has 0 unspecified atom stereocenters. The van der Waals surface area contributed by atoms with Gasteiger partial charge < -0.3 is 14.9 Å². The lowest BCUT2D eigenvalue weighted by Gasteiger charge is -2.34. The van der Waals surface area contributed by atoms with Gasteiger partial charge in [-0.25, -0.2) is 0 Å². The number of carbonyl (C=O) groups is 1. The quantitative estimate of drug-likeness (QED) is 0.893. The van der Waals surface area contributed by atoms with Crippen molar-refractivity contribution in [2.45, 2.75) is 37.5 Å². The third kappa shape index (κ3) is 2.37. The van der Waals surface area contributed by atoms with Crippen molar-refractivity contribution in [3.63, 3.8) is 0 Å².